The zero-order chi connectivity index (χ0) is 15.5. The van der Waals surface area contributed by atoms with Gasteiger partial charge in [0, 0.05) is 11.1 Å². The van der Waals surface area contributed by atoms with Gasteiger partial charge in [0.25, 0.3) is 0 Å². The normalized spacial score (nSPS) is 10.5. The van der Waals surface area contributed by atoms with Gasteiger partial charge in [-0.2, -0.15) is 5.10 Å². The number of rotatable bonds is 4. The van der Waals surface area contributed by atoms with E-state index in [-0.39, 0.29) is 0 Å². The average Bonchev–Trinajstić information content (AvgIpc) is 3.04. The van der Waals surface area contributed by atoms with Crippen molar-refractivity contribution in [2.45, 2.75) is 6.92 Å². The van der Waals surface area contributed by atoms with E-state index in [9.17, 15) is 0 Å². The van der Waals surface area contributed by atoms with Crippen molar-refractivity contribution in [3.05, 3.63) is 48.0 Å². The van der Waals surface area contributed by atoms with E-state index in [1.807, 2.05) is 49.4 Å². The Morgan fingerprint density at radius 2 is 1.73 bits per heavy atom. The maximum absolute atomic E-state index is 5.23. The molecule has 0 aliphatic rings. The maximum Gasteiger partial charge on any atom is 0.181 e. The quantitative estimate of drug-likeness (QED) is 0.800. The van der Waals surface area contributed by atoms with Crippen LogP contribution in [0.5, 0.6) is 11.5 Å². The summed E-state index contributed by atoms with van der Waals surface area (Å²) in [6.07, 6.45) is 0. The number of aryl methyl sites for hydroxylation is 1. The summed E-state index contributed by atoms with van der Waals surface area (Å²) >= 11 is 0. The Morgan fingerprint density at radius 3 is 2.45 bits per heavy atom. The lowest BCUT2D eigenvalue weighted by atomic mass is 10.1. The summed E-state index contributed by atoms with van der Waals surface area (Å²) < 4.78 is 10.5. The van der Waals surface area contributed by atoms with E-state index in [0.29, 0.717) is 5.82 Å². The van der Waals surface area contributed by atoms with Crippen molar-refractivity contribution >= 4 is 0 Å². The number of nitrogens with zero attached hydrogens (tertiary/aromatic N) is 2. The van der Waals surface area contributed by atoms with E-state index < -0.39 is 0 Å². The number of ether oxygens (including phenoxy) is 2. The topological polar surface area (TPSA) is 60.0 Å². The molecular formula is C17H17N3O2. The molecule has 0 fully saturated rings. The highest BCUT2D eigenvalue weighted by Crippen LogP contribution is 2.27. The van der Waals surface area contributed by atoms with Crippen molar-refractivity contribution in [2.75, 3.05) is 14.2 Å². The molecule has 0 atom stereocenters. The number of nitrogens with one attached hydrogen (secondary N) is 1. The molecule has 0 spiro atoms. The molecule has 0 saturated carbocycles. The SMILES string of the molecule is COc1cccc(-c2n[nH]c(-c3ccc(OC)cc3C)n2)c1. The first-order chi connectivity index (χ1) is 10.7. The minimum Gasteiger partial charge on any atom is -0.497 e. The summed E-state index contributed by atoms with van der Waals surface area (Å²) in [7, 11) is 3.30. The molecule has 0 unspecified atom stereocenters. The van der Waals surface area contributed by atoms with Crippen LogP contribution in [0.4, 0.5) is 0 Å². The number of aromatic nitrogens is 3. The molecule has 22 heavy (non-hydrogen) atoms. The van der Waals surface area contributed by atoms with Crippen LogP contribution in [0.1, 0.15) is 5.56 Å². The largest absolute Gasteiger partial charge is 0.497 e. The number of methoxy groups -OCH3 is 2. The summed E-state index contributed by atoms with van der Waals surface area (Å²) in [5, 5.41) is 7.29. The van der Waals surface area contributed by atoms with Crippen LogP contribution in [0.15, 0.2) is 42.5 Å². The van der Waals surface area contributed by atoms with Crippen LogP contribution >= 0.6 is 0 Å². The smallest absolute Gasteiger partial charge is 0.181 e. The van der Waals surface area contributed by atoms with Gasteiger partial charge in [-0.3, -0.25) is 5.10 Å². The molecule has 0 bridgehead atoms. The average molecular weight is 295 g/mol. The van der Waals surface area contributed by atoms with Gasteiger partial charge < -0.3 is 9.47 Å². The Bertz CT molecular complexity index is 796. The van der Waals surface area contributed by atoms with Crippen molar-refractivity contribution in [2.24, 2.45) is 0 Å². The van der Waals surface area contributed by atoms with E-state index in [1.54, 1.807) is 14.2 Å². The fourth-order valence-electron chi connectivity index (χ4n) is 2.30. The van der Waals surface area contributed by atoms with E-state index >= 15 is 0 Å². The van der Waals surface area contributed by atoms with Gasteiger partial charge in [0.15, 0.2) is 11.6 Å². The molecule has 0 aliphatic carbocycles. The Morgan fingerprint density at radius 1 is 0.955 bits per heavy atom. The van der Waals surface area contributed by atoms with E-state index in [4.69, 9.17) is 9.47 Å². The number of hydrogen-bond acceptors (Lipinski definition) is 4. The zero-order valence-corrected chi connectivity index (χ0v) is 12.8. The van der Waals surface area contributed by atoms with Gasteiger partial charge in [-0.1, -0.05) is 12.1 Å². The standard InChI is InChI=1S/C17H17N3O2/c1-11-9-14(22-3)7-8-15(11)17-18-16(19-20-17)12-5-4-6-13(10-12)21-2/h4-10H,1-3H3,(H,18,19,20). The first kappa shape index (κ1) is 14.1. The van der Waals surface area contributed by atoms with Gasteiger partial charge in [-0.25, -0.2) is 4.98 Å². The highest BCUT2D eigenvalue weighted by Gasteiger charge is 2.11. The third kappa shape index (κ3) is 2.65. The molecule has 5 nitrogen and oxygen atoms in total. The number of hydrogen-bond donors (Lipinski definition) is 1. The van der Waals surface area contributed by atoms with Gasteiger partial charge in [0.1, 0.15) is 11.5 Å². The molecule has 0 saturated heterocycles. The minimum atomic E-state index is 0.643. The molecule has 3 rings (SSSR count). The fourth-order valence-corrected chi connectivity index (χ4v) is 2.30. The van der Waals surface area contributed by atoms with Crippen LogP contribution in [0.2, 0.25) is 0 Å². The first-order valence-corrected chi connectivity index (χ1v) is 6.93. The Kier molecular flexibility index (Phi) is 3.78. The lowest BCUT2D eigenvalue weighted by molar-refractivity contribution is 0.414. The molecule has 5 heteroatoms. The van der Waals surface area contributed by atoms with Crippen molar-refractivity contribution in [3.63, 3.8) is 0 Å². The second-order valence-electron chi connectivity index (χ2n) is 4.92. The molecule has 0 radical (unpaired) electrons. The second-order valence-corrected chi connectivity index (χ2v) is 4.92. The molecule has 3 aromatic rings. The molecule has 1 aromatic heterocycles. The fraction of sp³-hybridized carbons (Fsp3) is 0.176. The lowest BCUT2D eigenvalue weighted by Gasteiger charge is -2.05. The Balaban J connectivity index is 1.96. The molecule has 112 valence electrons. The van der Waals surface area contributed by atoms with Crippen LogP contribution in [0.3, 0.4) is 0 Å². The zero-order valence-electron chi connectivity index (χ0n) is 12.8. The number of H-pyrrole nitrogens is 1. The van der Waals surface area contributed by atoms with Gasteiger partial charge in [0.2, 0.25) is 0 Å². The molecule has 1 heterocycles. The molecule has 2 aromatic carbocycles. The number of aromatic amines is 1. The lowest BCUT2D eigenvalue weighted by Crippen LogP contribution is -1.89. The monoisotopic (exact) mass is 295 g/mol. The van der Waals surface area contributed by atoms with Crippen LogP contribution in [-0.4, -0.2) is 29.4 Å². The molecule has 0 aliphatic heterocycles. The highest BCUT2D eigenvalue weighted by molar-refractivity contribution is 5.65. The van der Waals surface area contributed by atoms with Crippen LogP contribution in [0, 0.1) is 6.92 Å². The van der Waals surface area contributed by atoms with E-state index in [1.165, 1.54) is 0 Å². The second kappa shape index (κ2) is 5.89. The summed E-state index contributed by atoms with van der Waals surface area (Å²) in [5.41, 5.74) is 2.99. The third-order valence-corrected chi connectivity index (χ3v) is 3.50. The first-order valence-electron chi connectivity index (χ1n) is 6.93. The third-order valence-electron chi connectivity index (χ3n) is 3.50. The van der Waals surface area contributed by atoms with Crippen LogP contribution in [-0.2, 0) is 0 Å². The summed E-state index contributed by atoms with van der Waals surface area (Å²) in [4.78, 5) is 4.58. The van der Waals surface area contributed by atoms with Gasteiger partial charge in [-0.15, -0.1) is 0 Å². The summed E-state index contributed by atoms with van der Waals surface area (Å²) in [5.74, 6) is 2.99. The van der Waals surface area contributed by atoms with Crippen molar-refractivity contribution in [1.82, 2.24) is 15.2 Å². The molecule has 0 amide bonds. The van der Waals surface area contributed by atoms with Gasteiger partial charge in [0.05, 0.1) is 14.2 Å². The summed E-state index contributed by atoms with van der Waals surface area (Å²) in [6, 6.07) is 13.5. The number of benzene rings is 2. The van der Waals surface area contributed by atoms with E-state index in [0.717, 1.165) is 34.0 Å². The minimum absolute atomic E-state index is 0.643. The summed E-state index contributed by atoms with van der Waals surface area (Å²) in [6.45, 7) is 2.02. The Labute approximate surface area is 128 Å². The highest BCUT2D eigenvalue weighted by atomic mass is 16.5. The van der Waals surface area contributed by atoms with Gasteiger partial charge >= 0.3 is 0 Å². The Hall–Kier alpha value is -2.82. The molecular weight excluding hydrogens is 278 g/mol. The maximum atomic E-state index is 5.23. The van der Waals surface area contributed by atoms with Gasteiger partial charge in [-0.05, 0) is 42.8 Å². The van der Waals surface area contributed by atoms with E-state index in [2.05, 4.69) is 15.2 Å². The van der Waals surface area contributed by atoms with Crippen LogP contribution in [0.25, 0.3) is 22.8 Å². The van der Waals surface area contributed by atoms with Crippen molar-refractivity contribution < 1.29 is 9.47 Å². The predicted octanol–water partition coefficient (Wildman–Crippen LogP) is 3.46. The van der Waals surface area contributed by atoms with Crippen LogP contribution < -0.4 is 9.47 Å². The van der Waals surface area contributed by atoms with Crippen molar-refractivity contribution in [3.8, 4) is 34.3 Å². The predicted molar refractivity (Wildman–Crippen MR) is 85.1 cm³/mol. The van der Waals surface area contributed by atoms with Crippen molar-refractivity contribution in [1.29, 1.82) is 0 Å². The molecule has 1 N–H and O–H groups in total.